The third kappa shape index (κ3) is 7.40. The van der Waals surface area contributed by atoms with Crippen LogP contribution in [0.2, 0.25) is 0 Å². The van der Waals surface area contributed by atoms with Gasteiger partial charge in [-0.05, 0) is 48.4 Å². The number of anilines is 1. The molecule has 0 saturated carbocycles. The zero-order valence-electron chi connectivity index (χ0n) is 16.1. The zero-order valence-corrected chi connectivity index (χ0v) is 16.1. The maximum atomic E-state index is 11.8. The lowest BCUT2D eigenvalue weighted by Crippen LogP contribution is -2.24. The molecule has 2 aromatic rings. The van der Waals surface area contributed by atoms with E-state index in [9.17, 15) is 4.79 Å². The molecule has 1 amide bonds. The van der Waals surface area contributed by atoms with Gasteiger partial charge in [0.05, 0.1) is 12.8 Å². The van der Waals surface area contributed by atoms with Crippen molar-refractivity contribution in [2.45, 2.75) is 19.8 Å². The summed E-state index contributed by atoms with van der Waals surface area (Å²) in [5, 5.41) is 3.95. The highest BCUT2D eigenvalue weighted by Crippen LogP contribution is 2.17. The minimum atomic E-state index is -0.320. The Morgan fingerprint density at radius 2 is 1.67 bits per heavy atom. The smallest absolute Gasteiger partial charge is 0.277 e. The van der Waals surface area contributed by atoms with E-state index in [2.05, 4.69) is 17.5 Å². The fourth-order valence-electron chi connectivity index (χ4n) is 2.18. The molecule has 0 unspecified atom stereocenters. The van der Waals surface area contributed by atoms with Gasteiger partial charge in [-0.15, -0.1) is 0 Å². The summed E-state index contributed by atoms with van der Waals surface area (Å²) in [4.78, 5) is 13.8. The number of benzene rings is 2. The van der Waals surface area contributed by atoms with Crippen molar-refractivity contribution in [2.75, 3.05) is 32.2 Å². The van der Waals surface area contributed by atoms with E-state index >= 15 is 0 Å². The van der Waals surface area contributed by atoms with Crippen LogP contribution in [0.5, 0.6) is 11.5 Å². The van der Waals surface area contributed by atoms with E-state index < -0.39 is 0 Å². The van der Waals surface area contributed by atoms with Gasteiger partial charge in [-0.1, -0.05) is 25.5 Å². The monoisotopic (exact) mass is 369 g/mol. The summed E-state index contributed by atoms with van der Waals surface area (Å²) in [7, 11) is 3.96. The summed E-state index contributed by atoms with van der Waals surface area (Å²) in [6, 6.07) is 15.1. The Morgan fingerprint density at radius 1 is 1.04 bits per heavy atom. The Hall–Kier alpha value is -3.02. The first-order valence-electron chi connectivity index (χ1n) is 9.03. The standard InChI is InChI=1S/C21H27N3O3/c1-4-5-14-26-19-10-12-20(13-11-19)27-16-21(25)23-22-15-17-6-8-18(9-7-17)24(2)3/h6-13,15H,4-5,14,16H2,1-3H3,(H,23,25). The number of hydrogen-bond donors (Lipinski definition) is 1. The van der Waals surface area contributed by atoms with Crippen LogP contribution in [0.1, 0.15) is 25.3 Å². The molecule has 0 aliphatic rings. The van der Waals surface area contributed by atoms with E-state index in [0.717, 1.165) is 29.8 Å². The van der Waals surface area contributed by atoms with Crippen molar-refractivity contribution in [3.63, 3.8) is 0 Å². The van der Waals surface area contributed by atoms with Gasteiger partial charge in [-0.25, -0.2) is 5.43 Å². The van der Waals surface area contributed by atoms with Crippen LogP contribution in [0.3, 0.4) is 0 Å². The Morgan fingerprint density at radius 3 is 2.26 bits per heavy atom. The molecule has 2 rings (SSSR count). The summed E-state index contributed by atoms with van der Waals surface area (Å²) >= 11 is 0. The fourth-order valence-corrected chi connectivity index (χ4v) is 2.18. The molecule has 1 N–H and O–H groups in total. The van der Waals surface area contributed by atoms with Gasteiger partial charge in [-0.3, -0.25) is 4.79 Å². The molecule has 144 valence electrons. The summed E-state index contributed by atoms with van der Waals surface area (Å²) in [6.07, 6.45) is 3.72. The summed E-state index contributed by atoms with van der Waals surface area (Å²) in [5.74, 6) is 1.08. The number of unbranched alkanes of at least 4 members (excludes halogenated alkanes) is 1. The van der Waals surface area contributed by atoms with Crippen molar-refractivity contribution >= 4 is 17.8 Å². The van der Waals surface area contributed by atoms with Crippen LogP contribution >= 0.6 is 0 Å². The molecule has 0 spiro atoms. The van der Waals surface area contributed by atoms with E-state index in [-0.39, 0.29) is 12.5 Å². The molecule has 6 heteroatoms. The SMILES string of the molecule is CCCCOc1ccc(OCC(=O)NN=Cc2ccc(N(C)C)cc2)cc1. The molecule has 2 aromatic carbocycles. The van der Waals surface area contributed by atoms with E-state index in [1.165, 1.54) is 0 Å². The number of amides is 1. The van der Waals surface area contributed by atoms with Gasteiger partial charge in [0, 0.05) is 19.8 Å². The third-order valence-electron chi connectivity index (χ3n) is 3.77. The van der Waals surface area contributed by atoms with Gasteiger partial charge in [0.25, 0.3) is 5.91 Å². The Balaban J connectivity index is 1.72. The molecule has 27 heavy (non-hydrogen) atoms. The van der Waals surface area contributed by atoms with Crippen LogP contribution in [0.4, 0.5) is 5.69 Å². The van der Waals surface area contributed by atoms with Gasteiger partial charge < -0.3 is 14.4 Å². The summed E-state index contributed by atoms with van der Waals surface area (Å²) in [5.41, 5.74) is 4.46. The van der Waals surface area contributed by atoms with Crippen molar-refractivity contribution in [1.82, 2.24) is 5.43 Å². The van der Waals surface area contributed by atoms with Crippen molar-refractivity contribution < 1.29 is 14.3 Å². The normalized spacial score (nSPS) is 10.6. The molecule has 0 fully saturated rings. The second-order valence-electron chi connectivity index (χ2n) is 6.24. The predicted molar refractivity (Wildman–Crippen MR) is 109 cm³/mol. The van der Waals surface area contributed by atoms with Gasteiger partial charge in [0.1, 0.15) is 11.5 Å². The highest BCUT2D eigenvalue weighted by molar-refractivity contribution is 5.83. The molecule has 0 heterocycles. The number of carbonyl (C=O) groups is 1. The first-order valence-corrected chi connectivity index (χ1v) is 9.03. The Labute approximate surface area is 160 Å². The van der Waals surface area contributed by atoms with Crippen LogP contribution in [-0.4, -0.2) is 39.4 Å². The molecule has 6 nitrogen and oxygen atoms in total. The van der Waals surface area contributed by atoms with Crippen LogP contribution in [-0.2, 0) is 4.79 Å². The van der Waals surface area contributed by atoms with Crippen LogP contribution < -0.4 is 19.8 Å². The van der Waals surface area contributed by atoms with Gasteiger partial charge in [0.2, 0.25) is 0 Å². The number of hydrazone groups is 1. The zero-order chi connectivity index (χ0) is 19.5. The highest BCUT2D eigenvalue weighted by atomic mass is 16.5. The van der Waals surface area contributed by atoms with Crippen molar-refractivity contribution in [2.24, 2.45) is 5.10 Å². The van der Waals surface area contributed by atoms with Crippen molar-refractivity contribution in [1.29, 1.82) is 0 Å². The maximum Gasteiger partial charge on any atom is 0.277 e. The lowest BCUT2D eigenvalue weighted by Gasteiger charge is -2.11. The first kappa shape index (κ1) is 20.3. The van der Waals surface area contributed by atoms with E-state index in [4.69, 9.17) is 9.47 Å². The second kappa shape index (κ2) is 10.9. The fraction of sp³-hybridized carbons (Fsp3) is 0.333. The van der Waals surface area contributed by atoms with Gasteiger partial charge in [0.15, 0.2) is 6.61 Å². The quantitative estimate of drug-likeness (QED) is 0.396. The van der Waals surface area contributed by atoms with Crippen molar-refractivity contribution in [3.05, 3.63) is 54.1 Å². The van der Waals surface area contributed by atoms with E-state index in [1.807, 2.05) is 55.4 Å². The Kier molecular flexibility index (Phi) is 8.16. The lowest BCUT2D eigenvalue weighted by atomic mass is 10.2. The van der Waals surface area contributed by atoms with E-state index in [0.29, 0.717) is 12.4 Å². The maximum absolute atomic E-state index is 11.8. The third-order valence-corrected chi connectivity index (χ3v) is 3.77. The highest BCUT2D eigenvalue weighted by Gasteiger charge is 2.02. The van der Waals surface area contributed by atoms with Crippen molar-refractivity contribution in [3.8, 4) is 11.5 Å². The number of nitrogens with one attached hydrogen (secondary N) is 1. The number of hydrogen-bond acceptors (Lipinski definition) is 5. The molecular formula is C21H27N3O3. The Bertz CT molecular complexity index is 725. The average Bonchev–Trinajstić information content (AvgIpc) is 2.68. The number of nitrogens with zero attached hydrogens (tertiary/aromatic N) is 2. The van der Waals surface area contributed by atoms with E-state index in [1.54, 1.807) is 18.3 Å². The lowest BCUT2D eigenvalue weighted by molar-refractivity contribution is -0.123. The average molecular weight is 369 g/mol. The number of rotatable bonds is 10. The topological polar surface area (TPSA) is 63.2 Å². The van der Waals surface area contributed by atoms with Crippen LogP contribution in [0, 0.1) is 0 Å². The largest absolute Gasteiger partial charge is 0.494 e. The minimum Gasteiger partial charge on any atom is -0.494 e. The summed E-state index contributed by atoms with van der Waals surface area (Å²) in [6.45, 7) is 2.72. The molecule has 0 atom stereocenters. The molecule has 0 aliphatic carbocycles. The molecule has 0 aliphatic heterocycles. The first-order chi connectivity index (χ1) is 13.1. The van der Waals surface area contributed by atoms with Crippen LogP contribution in [0.25, 0.3) is 0 Å². The number of carbonyl (C=O) groups excluding carboxylic acids is 1. The molecule has 0 radical (unpaired) electrons. The van der Waals surface area contributed by atoms with Gasteiger partial charge >= 0.3 is 0 Å². The molecular weight excluding hydrogens is 342 g/mol. The minimum absolute atomic E-state index is 0.104. The molecule has 0 bridgehead atoms. The predicted octanol–water partition coefficient (Wildman–Crippen LogP) is 3.46. The van der Waals surface area contributed by atoms with Crippen LogP contribution in [0.15, 0.2) is 53.6 Å². The molecule has 0 saturated heterocycles. The van der Waals surface area contributed by atoms with Gasteiger partial charge in [-0.2, -0.15) is 5.10 Å². The molecule has 0 aromatic heterocycles. The number of ether oxygens (including phenoxy) is 2. The second-order valence-corrected chi connectivity index (χ2v) is 6.24. The summed E-state index contributed by atoms with van der Waals surface area (Å²) < 4.78 is 11.0.